The first-order valence-corrected chi connectivity index (χ1v) is 6.73. The summed E-state index contributed by atoms with van der Waals surface area (Å²) in [6.45, 7) is 6.18. The number of aliphatic hydroxyl groups is 1. The number of hydrogen-bond donors (Lipinski definition) is 3. The van der Waals surface area contributed by atoms with Crippen molar-refractivity contribution in [1.82, 2.24) is 10.6 Å². The zero-order valence-corrected chi connectivity index (χ0v) is 11.1. The third-order valence-corrected chi connectivity index (χ3v) is 3.67. The molecule has 1 saturated heterocycles. The molecule has 1 atom stereocenters. The van der Waals surface area contributed by atoms with Gasteiger partial charge >= 0.3 is 0 Å². The Labute approximate surface area is 104 Å². The molecule has 1 unspecified atom stereocenters. The van der Waals surface area contributed by atoms with Gasteiger partial charge in [-0.2, -0.15) is 0 Å². The monoisotopic (exact) mass is 242 g/mol. The van der Waals surface area contributed by atoms with E-state index >= 15 is 0 Å². The van der Waals surface area contributed by atoms with Crippen LogP contribution in [0.3, 0.4) is 0 Å². The lowest BCUT2D eigenvalue weighted by atomic mass is 9.93. The normalized spacial score (nSPS) is 20.9. The van der Waals surface area contributed by atoms with Crippen molar-refractivity contribution in [2.45, 2.75) is 51.6 Å². The van der Waals surface area contributed by atoms with Crippen LogP contribution in [0.25, 0.3) is 0 Å². The maximum Gasteiger partial charge on any atom is 0.220 e. The zero-order chi connectivity index (χ0) is 12.7. The number of amides is 1. The molecule has 1 amide bonds. The van der Waals surface area contributed by atoms with Gasteiger partial charge in [-0.1, -0.05) is 6.92 Å². The largest absolute Gasteiger partial charge is 0.388 e. The van der Waals surface area contributed by atoms with Crippen LogP contribution in [0.1, 0.15) is 46.0 Å². The van der Waals surface area contributed by atoms with E-state index < -0.39 is 5.60 Å². The third-order valence-electron chi connectivity index (χ3n) is 3.67. The Morgan fingerprint density at radius 1 is 1.47 bits per heavy atom. The highest BCUT2D eigenvalue weighted by Crippen LogP contribution is 2.17. The molecule has 0 saturated carbocycles. The van der Waals surface area contributed by atoms with E-state index in [-0.39, 0.29) is 5.91 Å². The summed E-state index contributed by atoms with van der Waals surface area (Å²) >= 11 is 0. The summed E-state index contributed by atoms with van der Waals surface area (Å²) in [6, 6.07) is 0. The molecular weight excluding hydrogens is 216 g/mol. The van der Waals surface area contributed by atoms with E-state index in [9.17, 15) is 9.90 Å². The molecular formula is C13H26N2O2. The molecule has 0 aromatic carbocycles. The molecule has 1 aliphatic heterocycles. The van der Waals surface area contributed by atoms with Crippen molar-refractivity contribution in [1.29, 1.82) is 0 Å². The van der Waals surface area contributed by atoms with Crippen LogP contribution in [-0.2, 0) is 4.79 Å². The van der Waals surface area contributed by atoms with Gasteiger partial charge in [0.05, 0.1) is 5.60 Å². The van der Waals surface area contributed by atoms with Crippen molar-refractivity contribution < 1.29 is 9.90 Å². The number of piperidine rings is 1. The summed E-state index contributed by atoms with van der Waals surface area (Å²) in [4.78, 5) is 11.6. The van der Waals surface area contributed by atoms with Gasteiger partial charge < -0.3 is 15.7 Å². The molecule has 0 aromatic heterocycles. The first-order valence-electron chi connectivity index (χ1n) is 6.73. The molecule has 3 N–H and O–H groups in total. The third kappa shape index (κ3) is 6.03. The second-order valence-electron chi connectivity index (χ2n) is 5.36. The fourth-order valence-electron chi connectivity index (χ4n) is 2.01. The molecule has 1 heterocycles. The SMILES string of the molecule is CCC(C)(O)CNC(=O)CCC1CCNCC1. The van der Waals surface area contributed by atoms with E-state index in [0.717, 1.165) is 19.5 Å². The lowest BCUT2D eigenvalue weighted by molar-refractivity contribution is -0.122. The van der Waals surface area contributed by atoms with Gasteiger partial charge in [-0.3, -0.25) is 4.79 Å². The van der Waals surface area contributed by atoms with E-state index in [2.05, 4.69) is 10.6 Å². The van der Waals surface area contributed by atoms with E-state index in [1.807, 2.05) is 6.92 Å². The fraction of sp³-hybridized carbons (Fsp3) is 0.923. The minimum absolute atomic E-state index is 0.0669. The van der Waals surface area contributed by atoms with Crippen molar-refractivity contribution in [3.05, 3.63) is 0 Å². The summed E-state index contributed by atoms with van der Waals surface area (Å²) < 4.78 is 0. The topological polar surface area (TPSA) is 61.4 Å². The smallest absolute Gasteiger partial charge is 0.220 e. The summed E-state index contributed by atoms with van der Waals surface area (Å²) in [5.74, 6) is 0.756. The highest BCUT2D eigenvalue weighted by Gasteiger charge is 2.19. The maximum atomic E-state index is 11.6. The predicted molar refractivity (Wildman–Crippen MR) is 68.8 cm³/mol. The lowest BCUT2D eigenvalue weighted by Crippen LogP contribution is -2.40. The van der Waals surface area contributed by atoms with Crippen molar-refractivity contribution >= 4 is 5.91 Å². The first kappa shape index (κ1) is 14.5. The molecule has 0 radical (unpaired) electrons. The predicted octanol–water partition coefficient (Wildman–Crippen LogP) is 1.04. The minimum Gasteiger partial charge on any atom is -0.388 e. The standard InChI is InChI=1S/C13H26N2O2/c1-3-13(2,17)10-15-12(16)5-4-11-6-8-14-9-7-11/h11,14,17H,3-10H2,1-2H3,(H,15,16). The van der Waals surface area contributed by atoms with Crippen LogP contribution in [0.5, 0.6) is 0 Å². The maximum absolute atomic E-state index is 11.6. The van der Waals surface area contributed by atoms with E-state index in [1.165, 1.54) is 12.8 Å². The molecule has 4 heteroatoms. The molecule has 1 fully saturated rings. The number of carbonyl (C=O) groups excluding carboxylic acids is 1. The van der Waals surface area contributed by atoms with Gasteiger partial charge in [-0.05, 0) is 51.6 Å². The molecule has 0 bridgehead atoms. The highest BCUT2D eigenvalue weighted by atomic mass is 16.3. The van der Waals surface area contributed by atoms with Crippen LogP contribution in [0.15, 0.2) is 0 Å². The van der Waals surface area contributed by atoms with E-state index in [4.69, 9.17) is 0 Å². The van der Waals surface area contributed by atoms with E-state index in [0.29, 0.717) is 25.3 Å². The van der Waals surface area contributed by atoms with E-state index in [1.54, 1.807) is 6.92 Å². The molecule has 0 aliphatic carbocycles. The Balaban J connectivity index is 2.12. The quantitative estimate of drug-likeness (QED) is 0.652. The number of hydrogen-bond acceptors (Lipinski definition) is 3. The summed E-state index contributed by atoms with van der Waals surface area (Å²) in [5.41, 5.74) is -0.773. The number of carbonyl (C=O) groups is 1. The molecule has 0 aromatic rings. The fourth-order valence-corrected chi connectivity index (χ4v) is 2.01. The molecule has 0 spiro atoms. The van der Waals surface area contributed by atoms with Crippen LogP contribution in [-0.4, -0.2) is 36.2 Å². The Morgan fingerprint density at radius 2 is 2.12 bits per heavy atom. The van der Waals surface area contributed by atoms with Crippen molar-refractivity contribution in [3.8, 4) is 0 Å². The minimum atomic E-state index is -0.773. The molecule has 1 rings (SSSR count). The molecule has 17 heavy (non-hydrogen) atoms. The van der Waals surface area contributed by atoms with Gasteiger partial charge in [0.15, 0.2) is 0 Å². The number of rotatable bonds is 6. The van der Waals surface area contributed by atoms with Crippen molar-refractivity contribution in [2.75, 3.05) is 19.6 Å². The van der Waals surface area contributed by atoms with Crippen LogP contribution in [0.4, 0.5) is 0 Å². The van der Waals surface area contributed by atoms with Crippen LogP contribution in [0.2, 0.25) is 0 Å². The van der Waals surface area contributed by atoms with Crippen molar-refractivity contribution in [3.63, 3.8) is 0 Å². The van der Waals surface area contributed by atoms with Crippen molar-refractivity contribution in [2.24, 2.45) is 5.92 Å². The van der Waals surface area contributed by atoms with Crippen LogP contribution >= 0.6 is 0 Å². The average molecular weight is 242 g/mol. The summed E-state index contributed by atoms with van der Waals surface area (Å²) in [7, 11) is 0. The summed E-state index contributed by atoms with van der Waals surface area (Å²) in [5, 5.41) is 15.9. The van der Waals surface area contributed by atoms with Gasteiger partial charge in [0.2, 0.25) is 5.91 Å². The van der Waals surface area contributed by atoms with Crippen LogP contribution < -0.4 is 10.6 Å². The Morgan fingerprint density at radius 3 is 2.71 bits per heavy atom. The Hall–Kier alpha value is -0.610. The highest BCUT2D eigenvalue weighted by molar-refractivity contribution is 5.75. The zero-order valence-electron chi connectivity index (χ0n) is 11.1. The van der Waals surface area contributed by atoms with Gasteiger partial charge in [0, 0.05) is 13.0 Å². The van der Waals surface area contributed by atoms with Gasteiger partial charge in [-0.15, -0.1) is 0 Å². The average Bonchev–Trinajstić information content (AvgIpc) is 2.35. The van der Waals surface area contributed by atoms with Gasteiger partial charge in [0.25, 0.3) is 0 Å². The second kappa shape index (κ2) is 6.97. The first-order chi connectivity index (χ1) is 8.03. The second-order valence-corrected chi connectivity index (χ2v) is 5.36. The lowest BCUT2D eigenvalue weighted by Gasteiger charge is -2.23. The Bertz CT molecular complexity index is 236. The van der Waals surface area contributed by atoms with Crippen LogP contribution in [0, 0.1) is 5.92 Å². The van der Waals surface area contributed by atoms with Gasteiger partial charge in [-0.25, -0.2) is 0 Å². The molecule has 4 nitrogen and oxygen atoms in total. The molecule has 100 valence electrons. The molecule has 1 aliphatic rings. The van der Waals surface area contributed by atoms with Gasteiger partial charge in [0.1, 0.15) is 0 Å². The number of nitrogens with one attached hydrogen (secondary N) is 2. The Kier molecular flexibility index (Phi) is 5.92. The summed E-state index contributed by atoms with van der Waals surface area (Å²) in [6.07, 6.45) is 4.58.